The Kier molecular flexibility index (Phi) is 5.59. The van der Waals surface area contributed by atoms with Gasteiger partial charge in [-0.05, 0) is 24.1 Å². The van der Waals surface area contributed by atoms with Crippen LogP contribution in [0, 0.1) is 0 Å². The number of rotatable bonds is 6. The van der Waals surface area contributed by atoms with E-state index in [1.54, 1.807) is 31.4 Å². The van der Waals surface area contributed by atoms with Crippen LogP contribution in [0.1, 0.15) is 12.0 Å². The van der Waals surface area contributed by atoms with Gasteiger partial charge in [0.2, 0.25) is 0 Å². The second-order valence-corrected chi connectivity index (χ2v) is 7.58. The van der Waals surface area contributed by atoms with Crippen molar-refractivity contribution >= 4 is 21.7 Å². The van der Waals surface area contributed by atoms with Crippen LogP contribution in [-0.4, -0.2) is 51.6 Å². The first-order valence-electron chi connectivity index (χ1n) is 7.16. The van der Waals surface area contributed by atoms with Crippen molar-refractivity contribution in [1.29, 1.82) is 0 Å². The smallest absolute Gasteiger partial charge is 0.310 e. The van der Waals surface area contributed by atoms with Crippen LogP contribution in [-0.2, 0) is 30.6 Å². The van der Waals surface area contributed by atoms with Crippen LogP contribution >= 0.6 is 0 Å². The van der Waals surface area contributed by atoms with E-state index in [1.165, 1.54) is 0 Å². The van der Waals surface area contributed by atoms with E-state index in [-0.39, 0.29) is 17.9 Å². The highest BCUT2D eigenvalue weighted by Gasteiger charge is 2.28. The SMILES string of the molecule is COc1ccc(CC(=O)OCC(=O)N[C@@H]2CCS(=O)(=O)C2)cc1. The summed E-state index contributed by atoms with van der Waals surface area (Å²) in [6, 6.07) is 6.55. The normalized spacial score (nSPS) is 19.1. The number of sulfone groups is 1. The van der Waals surface area contributed by atoms with Crippen LogP contribution in [0.25, 0.3) is 0 Å². The summed E-state index contributed by atoms with van der Waals surface area (Å²) in [5.74, 6) is -0.305. The minimum Gasteiger partial charge on any atom is -0.497 e. The summed E-state index contributed by atoms with van der Waals surface area (Å²) in [7, 11) is -1.50. The number of benzene rings is 1. The fourth-order valence-electron chi connectivity index (χ4n) is 2.29. The molecule has 1 N–H and O–H groups in total. The monoisotopic (exact) mass is 341 g/mol. The van der Waals surface area contributed by atoms with Gasteiger partial charge in [0, 0.05) is 6.04 Å². The largest absolute Gasteiger partial charge is 0.497 e. The minimum atomic E-state index is -3.05. The molecule has 1 heterocycles. The minimum absolute atomic E-state index is 0.0507. The lowest BCUT2D eigenvalue weighted by Crippen LogP contribution is -2.38. The molecular formula is C15H19NO6S. The van der Waals surface area contributed by atoms with Crippen LogP contribution in [0.4, 0.5) is 0 Å². The average molecular weight is 341 g/mol. The summed E-state index contributed by atoms with van der Waals surface area (Å²) < 4.78 is 32.5. The lowest BCUT2D eigenvalue weighted by atomic mass is 10.1. The highest BCUT2D eigenvalue weighted by Crippen LogP contribution is 2.12. The maximum absolute atomic E-state index is 11.7. The van der Waals surface area contributed by atoms with Crippen LogP contribution in [0.2, 0.25) is 0 Å². The first kappa shape index (κ1) is 17.3. The van der Waals surface area contributed by atoms with Gasteiger partial charge in [-0.15, -0.1) is 0 Å². The number of carbonyl (C=O) groups excluding carboxylic acids is 2. The van der Waals surface area contributed by atoms with E-state index in [0.29, 0.717) is 12.2 Å². The first-order valence-corrected chi connectivity index (χ1v) is 8.98. The van der Waals surface area contributed by atoms with Gasteiger partial charge in [0.1, 0.15) is 5.75 Å². The molecule has 1 aliphatic rings. The van der Waals surface area contributed by atoms with Gasteiger partial charge in [-0.3, -0.25) is 9.59 Å². The van der Waals surface area contributed by atoms with Gasteiger partial charge in [0.25, 0.3) is 5.91 Å². The summed E-state index contributed by atoms with van der Waals surface area (Å²) >= 11 is 0. The molecule has 126 valence electrons. The number of amides is 1. The zero-order valence-corrected chi connectivity index (χ0v) is 13.6. The molecule has 1 aromatic rings. The fourth-order valence-corrected chi connectivity index (χ4v) is 3.96. The Labute approximate surface area is 134 Å². The van der Waals surface area contributed by atoms with Crippen LogP contribution < -0.4 is 10.1 Å². The Morgan fingerprint density at radius 3 is 2.52 bits per heavy atom. The third-order valence-corrected chi connectivity index (χ3v) is 5.24. The van der Waals surface area contributed by atoms with Gasteiger partial charge in [0.15, 0.2) is 16.4 Å². The molecule has 0 aliphatic carbocycles. The molecule has 0 bridgehead atoms. The van der Waals surface area contributed by atoms with Gasteiger partial charge in [-0.2, -0.15) is 0 Å². The van der Waals surface area contributed by atoms with Crippen molar-refractivity contribution in [3.8, 4) is 5.75 Å². The highest BCUT2D eigenvalue weighted by atomic mass is 32.2. The molecule has 0 saturated carbocycles. The van der Waals surface area contributed by atoms with E-state index in [4.69, 9.17) is 9.47 Å². The topological polar surface area (TPSA) is 98.8 Å². The lowest BCUT2D eigenvalue weighted by molar-refractivity contribution is -0.148. The summed E-state index contributed by atoms with van der Waals surface area (Å²) in [5.41, 5.74) is 0.748. The summed E-state index contributed by atoms with van der Waals surface area (Å²) in [4.78, 5) is 23.3. The standard InChI is InChI=1S/C15H19NO6S/c1-21-13-4-2-11(3-5-13)8-15(18)22-9-14(17)16-12-6-7-23(19,20)10-12/h2-5,12H,6-10H2,1H3,(H,16,17)/t12-/m1/s1. The second kappa shape index (κ2) is 7.45. The third-order valence-electron chi connectivity index (χ3n) is 3.47. The Bertz CT molecular complexity index is 668. The molecule has 0 aromatic heterocycles. The maximum Gasteiger partial charge on any atom is 0.310 e. The van der Waals surface area contributed by atoms with Crippen LogP contribution in [0.15, 0.2) is 24.3 Å². The summed E-state index contributed by atoms with van der Waals surface area (Å²) in [6.07, 6.45) is 0.447. The van der Waals surface area contributed by atoms with Gasteiger partial charge >= 0.3 is 5.97 Å². The predicted molar refractivity (Wildman–Crippen MR) is 82.9 cm³/mol. The quantitative estimate of drug-likeness (QED) is 0.736. The number of hydrogen-bond donors (Lipinski definition) is 1. The molecule has 1 atom stereocenters. The van der Waals surface area contributed by atoms with Gasteiger partial charge in [-0.25, -0.2) is 8.42 Å². The number of hydrogen-bond acceptors (Lipinski definition) is 6. The Hall–Kier alpha value is -2.09. The number of methoxy groups -OCH3 is 1. The Balaban J connectivity index is 1.72. The first-order chi connectivity index (χ1) is 10.9. The predicted octanol–water partition coefficient (Wildman–Crippen LogP) is 0.0842. The molecule has 23 heavy (non-hydrogen) atoms. The molecule has 0 spiro atoms. The third kappa shape index (κ3) is 5.55. The van der Waals surface area contributed by atoms with Crippen molar-refractivity contribution in [3.63, 3.8) is 0 Å². The maximum atomic E-state index is 11.7. The molecule has 7 nitrogen and oxygen atoms in total. The van der Waals surface area contributed by atoms with Gasteiger partial charge < -0.3 is 14.8 Å². The van der Waals surface area contributed by atoms with Gasteiger partial charge in [-0.1, -0.05) is 12.1 Å². The van der Waals surface area contributed by atoms with E-state index < -0.39 is 34.4 Å². The number of carbonyl (C=O) groups is 2. The number of esters is 1. The van der Waals surface area contributed by atoms with E-state index in [0.717, 1.165) is 5.56 Å². The molecule has 0 radical (unpaired) electrons. The zero-order chi connectivity index (χ0) is 16.9. The summed E-state index contributed by atoms with van der Waals surface area (Å²) in [5, 5.41) is 2.56. The van der Waals surface area contributed by atoms with Crippen molar-refractivity contribution in [2.75, 3.05) is 25.2 Å². The van der Waals surface area contributed by atoms with Crippen LogP contribution in [0.5, 0.6) is 5.75 Å². The Morgan fingerprint density at radius 2 is 1.96 bits per heavy atom. The Morgan fingerprint density at radius 1 is 1.26 bits per heavy atom. The van der Waals surface area contributed by atoms with Crippen molar-refractivity contribution in [3.05, 3.63) is 29.8 Å². The lowest BCUT2D eigenvalue weighted by Gasteiger charge is -2.11. The van der Waals surface area contributed by atoms with E-state index in [1.807, 2.05) is 0 Å². The molecule has 0 unspecified atom stereocenters. The zero-order valence-electron chi connectivity index (χ0n) is 12.8. The highest BCUT2D eigenvalue weighted by molar-refractivity contribution is 7.91. The van der Waals surface area contributed by atoms with E-state index in [9.17, 15) is 18.0 Å². The summed E-state index contributed by atoms with van der Waals surface area (Å²) in [6.45, 7) is -0.411. The van der Waals surface area contributed by atoms with E-state index >= 15 is 0 Å². The molecular weight excluding hydrogens is 322 g/mol. The second-order valence-electron chi connectivity index (χ2n) is 5.35. The van der Waals surface area contributed by atoms with Crippen molar-refractivity contribution in [2.24, 2.45) is 0 Å². The number of nitrogens with one attached hydrogen (secondary N) is 1. The molecule has 1 aromatic carbocycles. The molecule has 8 heteroatoms. The van der Waals surface area contributed by atoms with Crippen molar-refractivity contribution in [2.45, 2.75) is 18.9 Å². The van der Waals surface area contributed by atoms with Crippen LogP contribution in [0.3, 0.4) is 0 Å². The van der Waals surface area contributed by atoms with Crippen molar-refractivity contribution in [1.82, 2.24) is 5.32 Å². The molecule has 1 fully saturated rings. The average Bonchev–Trinajstić information content (AvgIpc) is 2.85. The molecule has 2 rings (SSSR count). The van der Waals surface area contributed by atoms with Crippen molar-refractivity contribution < 1.29 is 27.5 Å². The molecule has 1 saturated heterocycles. The van der Waals surface area contributed by atoms with Gasteiger partial charge in [0.05, 0.1) is 25.0 Å². The molecule has 1 amide bonds. The molecule has 1 aliphatic heterocycles. The number of ether oxygens (including phenoxy) is 2. The van der Waals surface area contributed by atoms with E-state index in [2.05, 4.69) is 5.32 Å². The fraction of sp³-hybridized carbons (Fsp3) is 0.467.